The third-order valence-electron chi connectivity index (χ3n) is 2.81. The van der Waals surface area contributed by atoms with Gasteiger partial charge in [0.25, 0.3) is 0 Å². The highest BCUT2D eigenvalue weighted by atomic mass is 35.5. The van der Waals surface area contributed by atoms with Crippen molar-refractivity contribution >= 4 is 27.3 Å². The molecule has 0 aliphatic heterocycles. The van der Waals surface area contributed by atoms with Crippen molar-refractivity contribution in [3.63, 3.8) is 0 Å². The van der Waals surface area contributed by atoms with E-state index >= 15 is 0 Å². The van der Waals surface area contributed by atoms with Crippen molar-refractivity contribution in [2.45, 2.75) is 11.3 Å². The maximum absolute atomic E-state index is 12.1. The fourth-order valence-corrected chi connectivity index (χ4v) is 3.22. The summed E-state index contributed by atoms with van der Waals surface area (Å²) in [5, 5.41) is 0.336. The Bertz CT molecular complexity index is 688. The van der Waals surface area contributed by atoms with E-state index in [0.717, 1.165) is 5.56 Å². The van der Waals surface area contributed by atoms with Gasteiger partial charge >= 0.3 is 0 Å². The van der Waals surface area contributed by atoms with Crippen molar-refractivity contribution in [3.05, 3.63) is 59.1 Å². The number of nitrogens with one attached hydrogen (secondary N) is 1. The highest BCUT2D eigenvalue weighted by Gasteiger charge is 2.17. The third kappa shape index (κ3) is 3.72. The number of rotatable bonds is 5. The van der Waals surface area contributed by atoms with Gasteiger partial charge in [-0.3, -0.25) is 0 Å². The Balaban J connectivity index is 2.06. The maximum Gasteiger partial charge on any atom is 0.242 e. The molecule has 0 aliphatic rings. The number of nitrogens with two attached hydrogens (primary N) is 1. The number of hydrogen-bond donors (Lipinski definition) is 2. The van der Waals surface area contributed by atoms with Crippen molar-refractivity contribution in [3.8, 4) is 0 Å². The molecule has 0 heterocycles. The molecule has 2 aromatic rings. The molecule has 0 radical (unpaired) electrons. The molecule has 0 aliphatic carbocycles. The quantitative estimate of drug-likeness (QED) is 0.833. The summed E-state index contributed by atoms with van der Waals surface area (Å²) in [6, 6.07) is 14.0. The minimum Gasteiger partial charge on any atom is -0.398 e. The lowest BCUT2D eigenvalue weighted by Gasteiger charge is -2.09. The summed E-state index contributed by atoms with van der Waals surface area (Å²) in [6.07, 6.45) is 0.612. The van der Waals surface area contributed by atoms with Crippen LogP contribution in [0, 0.1) is 0 Å². The standard InChI is InChI=1S/C14H15ClN2O2S/c15-12-6-7-13(16)14(10-12)20(18,19)17-9-8-11-4-2-1-3-5-11/h1-7,10,17H,8-9,16H2. The Hall–Kier alpha value is -1.56. The molecule has 3 N–H and O–H groups in total. The fraction of sp³-hybridized carbons (Fsp3) is 0.143. The van der Waals surface area contributed by atoms with Crippen LogP contribution in [-0.2, 0) is 16.4 Å². The molecule has 0 amide bonds. The van der Waals surface area contributed by atoms with Gasteiger partial charge in [0.05, 0.1) is 5.69 Å². The number of nitrogen functional groups attached to an aromatic ring is 1. The molecule has 0 saturated heterocycles. The molecule has 0 saturated carbocycles. The average molecular weight is 311 g/mol. The van der Waals surface area contributed by atoms with Crippen LogP contribution >= 0.6 is 11.6 Å². The lowest BCUT2D eigenvalue weighted by Crippen LogP contribution is -2.26. The Labute approximate surface area is 123 Å². The predicted octanol–water partition coefficient (Wildman–Crippen LogP) is 2.44. The fourth-order valence-electron chi connectivity index (χ4n) is 1.79. The molecule has 106 valence electrons. The minimum atomic E-state index is -3.64. The number of sulfonamides is 1. The van der Waals surface area contributed by atoms with Crippen molar-refractivity contribution in [2.75, 3.05) is 12.3 Å². The first-order valence-corrected chi connectivity index (χ1v) is 7.94. The van der Waals surface area contributed by atoms with E-state index < -0.39 is 10.0 Å². The number of halogens is 1. The van der Waals surface area contributed by atoms with Gasteiger partial charge in [-0.2, -0.15) is 0 Å². The largest absolute Gasteiger partial charge is 0.398 e. The van der Waals surface area contributed by atoms with Crippen LogP contribution < -0.4 is 10.5 Å². The second-order valence-electron chi connectivity index (χ2n) is 4.32. The van der Waals surface area contributed by atoms with Crippen LogP contribution in [0.5, 0.6) is 0 Å². The van der Waals surface area contributed by atoms with Crippen molar-refractivity contribution < 1.29 is 8.42 Å². The van der Waals surface area contributed by atoms with Crippen LogP contribution in [0.15, 0.2) is 53.4 Å². The summed E-state index contributed by atoms with van der Waals surface area (Å²) in [6.45, 7) is 0.304. The Morgan fingerprint density at radius 2 is 1.80 bits per heavy atom. The van der Waals surface area contributed by atoms with Gasteiger partial charge in [-0.25, -0.2) is 13.1 Å². The van der Waals surface area contributed by atoms with E-state index in [1.165, 1.54) is 12.1 Å². The SMILES string of the molecule is Nc1ccc(Cl)cc1S(=O)(=O)NCCc1ccccc1. The zero-order valence-corrected chi connectivity index (χ0v) is 12.3. The molecular formula is C14H15ClN2O2S. The molecule has 0 unspecified atom stereocenters. The van der Waals surface area contributed by atoms with Gasteiger partial charge in [0.1, 0.15) is 4.90 Å². The van der Waals surface area contributed by atoms with Gasteiger partial charge in [-0.15, -0.1) is 0 Å². The highest BCUT2D eigenvalue weighted by Crippen LogP contribution is 2.22. The highest BCUT2D eigenvalue weighted by molar-refractivity contribution is 7.89. The molecule has 0 atom stereocenters. The van der Waals surface area contributed by atoms with Gasteiger partial charge in [0.15, 0.2) is 0 Å². The molecule has 2 aromatic carbocycles. The van der Waals surface area contributed by atoms with E-state index in [9.17, 15) is 8.42 Å². The van der Waals surface area contributed by atoms with Gasteiger partial charge < -0.3 is 5.73 Å². The monoisotopic (exact) mass is 310 g/mol. The van der Waals surface area contributed by atoms with Crippen LogP contribution in [-0.4, -0.2) is 15.0 Å². The van der Waals surface area contributed by atoms with Crippen molar-refractivity contribution in [2.24, 2.45) is 0 Å². The summed E-state index contributed by atoms with van der Waals surface area (Å²) in [7, 11) is -3.64. The molecule has 4 nitrogen and oxygen atoms in total. The normalized spacial score (nSPS) is 11.4. The first-order chi connectivity index (χ1) is 9.49. The topological polar surface area (TPSA) is 72.2 Å². The Morgan fingerprint density at radius 3 is 2.50 bits per heavy atom. The van der Waals surface area contributed by atoms with Crippen LogP contribution in [0.25, 0.3) is 0 Å². The molecule has 2 rings (SSSR count). The van der Waals surface area contributed by atoms with Crippen LogP contribution in [0.3, 0.4) is 0 Å². The second kappa shape index (κ2) is 6.26. The molecule has 0 aromatic heterocycles. The Kier molecular flexibility index (Phi) is 4.65. The first-order valence-electron chi connectivity index (χ1n) is 6.08. The van der Waals surface area contributed by atoms with E-state index in [1.807, 2.05) is 30.3 Å². The van der Waals surface area contributed by atoms with E-state index in [4.69, 9.17) is 17.3 Å². The average Bonchev–Trinajstić information content (AvgIpc) is 2.42. The molecule has 0 spiro atoms. The maximum atomic E-state index is 12.1. The van der Waals surface area contributed by atoms with E-state index in [-0.39, 0.29) is 10.6 Å². The zero-order chi connectivity index (χ0) is 14.6. The molecular weight excluding hydrogens is 296 g/mol. The molecule has 0 fully saturated rings. The number of hydrogen-bond acceptors (Lipinski definition) is 3. The third-order valence-corrected chi connectivity index (χ3v) is 4.57. The van der Waals surface area contributed by atoms with Crippen LogP contribution in [0.1, 0.15) is 5.56 Å². The van der Waals surface area contributed by atoms with Crippen LogP contribution in [0.4, 0.5) is 5.69 Å². The van der Waals surface area contributed by atoms with E-state index in [0.29, 0.717) is 18.0 Å². The molecule has 6 heteroatoms. The van der Waals surface area contributed by atoms with Crippen molar-refractivity contribution in [1.82, 2.24) is 4.72 Å². The van der Waals surface area contributed by atoms with E-state index in [2.05, 4.69) is 4.72 Å². The Morgan fingerprint density at radius 1 is 1.10 bits per heavy atom. The van der Waals surface area contributed by atoms with Crippen LogP contribution in [0.2, 0.25) is 5.02 Å². The predicted molar refractivity (Wildman–Crippen MR) is 81.2 cm³/mol. The smallest absolute Gasteiger partial charge is 0.242 e. The summed E-state index contributed by atoms with van der Waals surface area (Å²) in [4.78, 5) is 0.0121. The summed E-state index contributed by atoms with van der Waals surface area (Å²) in [5.74, 6) is 0. The summed E-state index contributed by atoms with van der Waals surface area (Å²) < 4.78 is 26.8. The zero-order valence-electron chi connectivity index (χ0n) is 10.7. The van der Waals surface area contributed by atoms with Gasteiger partial charge in [-0.05, 0) is 30.2 Å². The van der Waals surface area contributed by atoms with Crippen molar-refractivity contribution in [1.29, 1.82) is 0 Å². The summed E-state index contributed by atoms with van der Waals surface area (Å²) in [5.41, 5.74) is 6.93. The minimum absolute atomic E-state index is 0.0121. The lowest BCUT2D eigenvalue weighted by atomic mass is 10.2. The molecule has 0 bridgehead atoms. The number of anilines is 1. The lowest BCUT2D eigenvalue weighted by molar-refractivity contribution is 0.582. The van der Waals surface area contributed by atoms with Gasteiger partial charge in [0.2, 0.25) is 10.0 Å². The van der Waals surface area contributed by atoms with E-state index in [1.54, 1.807) is 6.07 Å². The van der Waals surface area contributed by atoms with Gasteiger partial charge in [-0.1, -0.05) is 41.9 Å². The summed E-state index contributed by atoms with van der Waals surface area (Å²) >= 11 is 5.81. The second-order valence-corrected chi connectivity index (χ2v) is 6.49. The first kappa shape index (κ1) is 14.8. The molecule has 20 heavy (non-hydrogen) atoms. The number of benzene rings is 2. The van der Waals surface area contributed by atoms with Gasteiger partial charge in [0, 0.05) is 11.6 Å².